The van der Waals surface area contributed by atoms with Crippen molar-refractivity contribution >= 4 is 46.1 Å². The van der Waals surface area contributed by atoms with Gasteiger partial charge in [0.2, 0.25) is 0 Å². The highest BCUT2D eigenvalue weighted by Crippen LogP contribution is 2.38. The van der Waals surface area contributed by atoms with Gasteiger partial charge in [0.25, 0.3) is 0 Å². The van der Waals surface area contributed by atoms with E-state index < -0.39 is 0 Å². The van der Waals surface area contributed by atoms with Gasteiger partial charge in [0.05, 0.1) is 11.1 Å². The van der Waals surface area contributed by atoms with Gasteiger partial charge in [0, 0.05) is 20.5 Å². The maximum Gasteiger partial charge on any atom is 0.0713 e. The van der Waals surface area contributed by atoms with Gasteiger partial charge in [-0.25, -0.2) is 0 Å². The van der Waals surface area contributed by atoms with Crippen molar-refractivity contribution in [1.82, 2.24) is 5.32 Å². The lowest BCUT2D eigenvalue weighted by Gasteiger charge is -2.18. The Balaban J connectivity index is 2.53. The Kier molecular flexibility index (Phi) is 4.34. The molecular formula is C12H10Cl3NS. The molecule has 2 aromatic rings. The molecular weight excluding hydrogens is 297 g/mol. The molecule has 0 aliphatic carbocycles. The molecule has 0 amide bonds. The number of hydrogen-bond donors (Lipinski definition) is 1. The zero-order chi connectivity index (χ0) is 12.4. The van der Waals surface area contributed by atoms with E-state index in [1.165, 1.54) is 0 Å². The smallest absolute Gasteiger partial charge is 0.0713 e. The molecule has 0 fully saturated rings. The molecule has 0 radical (unpaired) electrons. The summed E-state index contributed by atoms with van der Waals surface area (Å²) in [6.07, 6.45) is 0. The fourth-order valence-corrected chi connectivity index (χ4v) is 3.60. The second kappa shape index (κ2) is 5.59. The molecule has 1 aromatic heterocycles. The summed E-state index contributed by atoms with van der Waals surface area (Å²) in [6.45, 7) is 0. The molecule has 0 saturated carbocycles. The molecule has 1 aromatic carbocycles. The Morgan fingerprint density at radius 1 is 1.06 bits per heavy atom. The van der Waals surface area contributed by atoms with Crippen LogP contribution in [0.25, 0.3) is 0 Å². The van der Waals surface area contributed by atoms with Crippen LogP contribution in [0.15, 0.2) is 29.6 Å². The van der Waals surface area contributed by atoms with E-state index in [-0.39, 0.29) is 6.04 Å². The molecule has 1 unspecified atom stereocenters. The van der Waals surface area contributed by atoms with Crippen LogP contribution < -0.4 is 5.32 Å². The quantitative estimate of drug-likeness (QED) is 0.840. The normalized spacial score (nSPS) is 12.7. The molecule has 0 saturated heterocycles. The molecule has 0 bridgehead atoms. The molecule has 1 atom stereocenters. The van der Waals surface area contributed by atoms with Gasteiger partial charge in [-0.2, -0.15) is 0 Å². The number of benzene rings is 1. The van der Waals surface area contributed by atoms with E-state index in [1.807, 2.05) is 36.7 Å². The van der Waals surface area contributed by atoms with Gasteiger partial charge in [-0.15, -0.1) is 11.3 Å². The standard InChI is InChI=1S/C12H10Cl3NS/c1-16-11(12-9(15)5-6-17-12)10-7(13)3-2-4-8(10)14/h2-6,11,16H,1H3. The van der Waals surface area contributed by atoms with Crippen molar-refractivity contribution < 1.29 is 0 Å². The van der Waals surface area contributed by atoms with Crippen molar-refractivity contribution in [2.45, 2.75) is 6.04 Å². The summed E-state index contributed by atoms with van der Waals surface area (Å²) < 4.78 is 0. The van der Waals surface area contributed by atoms with E-state index in [0.717, 1.165) is 15.5 Å². The lowest BCUT2D eigenvalue weighted by atomic mass is 10.1. The molecule has 1 nitrogen and oxygen atoms in total. The fourth-order valence-electron chi connectivity index (χ4n) is 1.70. The highest BCUT2D eigenvalue weighted by atomic mass is 35.5. The van der Waals surface area contributed by atoms with Crippen LogP contribution in [0.3, 0.4) is 0 Å². The average molecular weight is 307 g/mol. The van der Waals surface area contributed by atoms with Gasteiger partial charge < -0.3 is 5.32 Å². The Hall–Kier alpha value is -0.250. The molecule has 0 spiro atoms. The summed E-state index contributed by atoms with van der Waals surface area (Å²) in [5.41, 5.74) is 0.864. The Labute approximate surface area is 119 Å². The van der Waals surface area contributed by atoms with Crippen LogP contribution in [0, 0.1) is 0 Å². The summed E-state index contributed by atoms with van der Waals surface area (Å²) >= 11 is 20.2. The van der Waals surface area contributed by atoms with Crippen LogP contribution in [-0.4, -0.2) is 7.05 Å². The highest BCUT2D eigenvalue weighted by Gasteiger charge is 2.21. The van der Waals surface area contributed by atoms with Gasteiger partial charge in [-0.1, -0.05) is 40.9 Å². The van der Waals surface area contributed by atoms with E-state index in [1.54, 1.807) is 11.3 Å². The van der Waals surface area contributed by atoms with E-state index in [9.17, 15) is 0 Å². The largest absolute Gasteiger partial charge is 0.309 e. The molecule has 5 heteroatoms. The van der Waals surface area contributed by atoms with Crippen molar-refractivity contribution in [3.05, 3.63) is 55.2 Å². The first-order valence-electron chi connectivity index (χ1n) is 4.99. The van der Waals surface area contributed by atoms with Crippen LogP contribution in [0.1, 0.15) is 16.5 Å². The van der Waals surface area contributed by atoms with Crippen LogP contribution in [0.2, 0.25) is 15.1 Å². The van der Waals surface area contributed by atoms with Gasteiger partial charge in [-0.05, 0) is 30.6 Å². The number of nitrogens with one attached hydrogen (secondary N) is 1. The number of thiophene rings is 1. The summed E-state index contributed by atoms with van der Waals surface area (Å²) in [7, 11) is 1.86. The Morgan fingerprint density at radius 3 is 2.18 bits per heavy atom. The predicted octanol–water partition coefficient (Wildman–Crippen LogP) is 5.02. The summed E-state index contributed by atoms with van der Waals surface area (Å²) in [5.74, 6) is 0. The Morgan fingerprint density at radius 2 is 1.71 bits per heavy atom. The van der Waals surface area contributed by atoms with Crippen LogP contribution in [0.4, 0.5) is 0 Å². The number of rotatable bonds is 3. The van der Waals surface area contributed by atoms with Crippen molar-refractivity contribution in [1.29, 1.82) is 0 Å². The van der Waals surface area contributed by atoms with Crippen LogP contribution in [-0.2, 0) is 0 Å². The third kappa shape index (κ3) is 2.61. The third-order valence-corrected chi connectivity index (χ3v) is 4.57. The predicted molar refractivity (Wildman–Crippen MR) is 76.7 cm³/mol. The topological polar surface area (TPSA) is 12.0 Å². The van der Waals surface area contributed by atoms with Crippen LogP contribution >= 0.6 is 46.1 Å². The minimum Gasteiger partial charge on any atom is -0.309 e. The minimum absolute atomic E-state index is 0.0799. The van der Waals surface area contributed by atoms with Gasteiger partial charge in [0.15, 0.2) is 0 Å². The molecule has 0 aliphatic heterocycles. The maximum atomic E-state index is 6.21. The fraction of sp³-hybridized carbons (Fsp3) is 0.167. The van der Waals surface area contributed by atoms with E-state index in [0.29, 0.717) is 10.0 Å². The lowest BCUT2D eigenvalue weighted by molar-refractivity contribution is 0.704. The summed E-state index contributed by atoms with van der Waals surface area (Å²) in [5, 5.41) is 7.16. The summed E-state index contributed by atoms with van der Waals surface area (Å²) in [6, 6.07) is 7.28. The molecule has 1 N–H and O–H groups in total. The highest BCUT2D eigenvalue weighted by molar-refractivity contribution is 7.10. The van der Waals surface area contributed by atoms with Crippen molar-refractivity contribution in [3.8, 4) is 0 Å². The van der Waals surface area contributed by atoms with Gasteiger partial charge >= 0.3 is 0 Å². The molecule has 90 valence electrons. The van der Waals surface area contributed by atoms with Crippen molar-refractivity contribution in [2.24, 2.45) is 0 Å². The van der Waals surface area contributed by atoms with Gasteiger partial charge in [0.1, 0.15) is 0 Å². The number of hydrogen-bond acceptors (Lipinski definition) is 2. The first-order valence-corrected chi connectivity index (χ1v) is 7.00. The first-order chi connectivity index (χ1) is 8.15. The number of halogens is 3. The zero-order valence-electron chi connectivity index (χ0n) is 9.01. The van der Waals surface area contributed by atoms with E-state index in [4.69, 9.17) is 34.8 Å². The molecule has 2 rings (SSSR count). The van der Waals surface area contributed by atoms with Crippen molar-refractivity contribution in [2.75, 3.05) is 7.05 Å². The average Bonchev–Trinajstić information content (AvgIpc) is 2.70. The molecule has 17 heavy (non-hydrogen) atoms. The molecule has 1 heterocycles. The zero-order valence-corrected chi connectivity index (χ0v) is 12.1. The van der Waals surface area contributed by atoms with E-state index in [2.05, 4.69) is 5.32 Å². The lowest BCUT2D eigenvalue weighted by Crippen LogP contribution is -2.17. The monoisotopic (exact) mass is 305 g/mol. The minimum atomic E-state index is -0.0799. The van der Waals surface area contributed by atoms with E-state index >= 15 is 0 Å². The van der Waals surface area contributed by atoms with Crippen molar-refractivity contribution in [3.63, 3.8) is 0 Å². The Bertz CT molecular complexity index is 504. The second-order valence-corrected chi connectivity index (χ2v) is 5.66. The molecule has 0 aliphatic rings. The SMILES string of the molecule is CNC(c1sccc1Cl)c1c(Cl)cccc1Cl. The van der Waals surface area contributed by atoms with Gasteiger partial charge in [-0.3, -0.25) is 0 Å². The maximum absolute atomic E-state index is 6.21. The summed E-state index contributed by atoms with van der Waals surface area (Å²) in [4.78, 5) is 1.02. The third-order valence-electron chi connectivity index (χ3n) is 2.48. The second-order valence-electron chi connectivity index (χ2n) is 3.49. The first kappa shape index (κ1) is 13.2. The van der Waals surface area contributed by atoms with Crippen LogP contribution in [0.5, 0.6) is 0 Å².